The summed E-state index contributed by atoms with van der Waals surface area (Å²) in [7, 11) is 0. The van der Waals surface area contributed by atoms with E-state index in [1.165, 1.54) is 11.1 Å². The number of fused-ring (bicyclic) bond motifs is 1. The van der Waals surface area contributed by atoms with Gasteiger partial charge in [0, 0.05) is 30.4 Å². The van der Waals surface area contributed by atoms with Crippen LogP contribution < -0.4 is 10.9 Å². The number of rotatable bonds is 6. The highest BCUT2D eigenvalue weighted by Gasteiger charge is 2.13. The van der Waals surface area contributed by atoms with Crippen LogP contribution in [0.2, 0.25) is 0 Å². The Bertz CT molecular complexity index is 1390. The van der Waals surface area contributed by atoms with Crippen molar-refractivity contribution in [2.45, 2.75) is 13.1 Å². The number of nitrogens with one attached hydrogen (secondary N) is 2. The van der Waals surface area contributed by atoms with Gasteiger partial charge in [-0.1, -0.05) is 84.9 Å². The van der Waals surface area contributed by atoms with Crippen LogP contribution >= 0.6 is 0 Å². The molecule has 3 aromatic carbocycles. The van der Waals surface area contributed by atoms with Gasteiger partial charge in [0.1, 0.15) is 0 Å². The van der Waals surface area contributed by atoms with Gasteiger partial charge in [-0.15, -0.1) is 0 Å². The Morgan fingerprint density at radius 1 is 0.719 bits per heavy atom. The van der Waals surface area contributed by atoms with Crippen molar-refractivity contribution in [2.75, 3.05) is 0 Å². The number of pyridine rings is 2. The van der Waals surface area contributed by atoms with Crippen LogP contribution in [-0.4, -0.2) is 9.97 Å². The molecule has 0 bridgehead atoms. The molecule has 0 atom stereocenters. The lowest BCUT2D eigenvalue weighted by Crippen LogP contribution is -2.12. The van der Waals surface area contributed by atoms with E-state index in [1.807, 2.05) is 48.5 Å². The molecule has 0 fully saturated rings. The molecule has 2 heterocycles. The summed E-state index contributed by atoms with van der Waals surface area (Å²) in [5, 5.41) is 4.09. The van der Waals surface area contributed by atoms with E-state index in [4.69, 9.17) is 4.98 Å². The number of nitrogens with zero attached hydrogens (tertiary/aromatic N) is 1. The first-order valence-corrected chi connectivity index (χ1v) is 10.7. The van der Waals surface area contributed by atoms with Gasteiger partial charge in [0.2, 0.25) is 0 Å². The molecule has 4 nitrogen and oxygen atoms in total. The Morgan fingerprint density at radius 2 is 1.38 bits per heavy atom. The molecule has 2 aromatic heterocycles. The topological polar surface area (TPSA) is 57.8 Å². The lowest BCUT2D eigenvalue weighted by atomic mass is 9.97. The van der Waals surface area contributed by atoms with Crippen LogP contribution in [0.15, 0.2) is 108 Å². The van der Waals surface area contributed by atoms with Crippen LogP contribution in [0.3, 0.4) is 0 Å². The number of hydrogen-bond donors (Lipinski definition) is 2. The number of H-pyrrole nitrogens is 1. The van der Waals surface area contributed by atoms with Gasteiger partial charge < -0.3 is 10.3 Å². The molecule has 156 valence electrons. The second kappa shape index (κ2) is 9.00. The van der Waals surface area contributed by atoms with Gasteiger partial charge in [-0.2, -0.15) is 0 Å². The summed E-state index contributed by atoms with van der Waals surface area (Å²) in [5.74, 6) is 0. The van der Waals surface area contributed by atoms with Crippen LogP contribution in [0.4, 0.5) is 0 Å². The Kier molecular flexibility index (Phi) is 5.60. The second-order valence-electron chi connectivity index (χ2n) is 7.78. The molecule has 0 saturated heterocycles. The zero-order chi connectivity index (χ0) is 21.8. The maximum absolute atomic E-state index is 12.4. The fourth-order valence-electron chi connectivity index (χ4n) is 3.90. The molecule has 32 heavy (non-hydrogen) atoms. The lowest BCUT2D eigenvalue weighted by Gasteiger charge is -2.12. The van der Waals surface area contributed by atoms with E-state index in [-0.39, 0.29) is 5.56 Å². The van der Waals surface area contributed by atoms with Gasteiger partial charge in [0.15, 0.2) is 0 Å². The molecule has 0 unspecified atom stereocenters. The van der Waals surface area contributed by atoms with E-state index >= 15 is 0 Å². The first-order chi connectivity index (χ1) is 15.8. The minimum atomic E-state index is -0.126. The Balaban J connectivity index is 1.46. The molecule has 0 spiro atoms. The third-order valence-corrected chi connectivity index (χ3v) is 5.57. The monoisotopic (exact) mass is 417 g/mol. The van der Waals surface area contributed by atoms with Crippen molar-refractivity contribution < 1.29 is 0 Å². The van der Waals surface area contributed by atoms with Gasteiger partial charge >= 0.3 is 0 Å². The minimum Gasteiger partial charge on any atom is -0.328 e. The predicted molar refractivity (Wildman–Crippen MR) is 130 cm³/mol. The van der Waals surface area contributed by atoms with Crippen molar-refractivity contribution in [3.8, 4) is 22.4 Å². The van der Waals surface area contributed by atoms with Gasteiger partial charge in [-0.3, -0.25) is 4.79 Å². The molecule has 0 amide bonds. The standard InChI is InChI=1S/C28H23N3O/c32-28-25-17-24(22-9-5-2-6-10-22)27(31-26(25)15-16-30-28)23-13-11-21(12-14-23)19-29-18-20-7-3-1-4-8-20/h1-17,29H,18-19H2,(H,30,32). The average Bonchev–Trinajstić information content (AvgIpc) is 2.85. The zero-order valence-electron chi connectivity index (χ0n) is 17.6. The Labute approximate surface area is 186 Å². The quantitative estimate of drug-likeness (QED) is 0.381. The summed E-state index contributed by atoms with van der Waals surface area (Å²) in [6, 6.07) is 32.7. The SMILES string of the molecule is O=c1[nH]ccc2nc(-c3ccc(CNCc4ccccc4)cc3)c(-c3ccccc3)cc12. The highest BCUT2D eigenvalue weighted by atomic mass is 16.1. The van der Waals surface area contributed by atoms with E-state index in [0.29, 0.717) is 10.9 Å². The molecular weight excluding hydrogens is 394 g/mol. The molecular formula is C28H23N3O. The van der Waals surface area contributed by atoms with E-state index in [0.717, 1.165) is 35.5 Å². The molecule has 4 heteroatoms. The van der Waals surface area contributed by atoms with Crippen LogP contribution in [0.25, 0.3) is 33.3 Å². The van der Waals surface area contributed by atoms with Crippen LogP contribution in [0.5, 0.6) is 0 Å². The number of hydrogen-bond acceptors (Lipinski definition) is 3. The first-order valence-electron chi connectivity index (χ1n) is 10.7. The smallest absolute Gasteiger partial charge is 0.257 e. The molecule has 0 aliphatic heterocycles. The summed E-state index contributed by atoms with van der Waals surface area (Å²) in [6.45, 7) is 1.63. The van der Waals surface area contributed by atoms with E-state index in [2.05, 4.69) is 58.8 Å². The zero-order valence-corrected chi connectivity index (χ0v) is 17.6. The third-order valence-electron chi connectivity index (χ3n) is 5.57. The average molecular weight is 418 g/mol. The first kappa shape index (κ1) is 19.9. The van der Waals surface area contributed by atoms with Crippen LogP contribution in [0, 0.1) is 0 Å². The van der Waals surface area contributed by atoms with Crippen molar-refractivity contribution in [2.24, 2.45) is 0 Å². The highest BCUT2D eigenvalue weighted by molar-refractivity contribution is 5.91. The maximum atomic E-state index is 12.4. The Hall–Kier alpha value is -4.02. The van der Waals surface area contributed by atoms with Crippen LogP contribution in [0.1, 0.15) is 11.1 Å². The third kappa shape index (κ3) is 4.22. The van der Waals surface area contributed by atoms with Gasteiger partial charge in [-0.05, 0) is 28.8 Å². The van der Waals surface area contributed by atoms with Gasteiger partial charge in [0.05, 0.1) is 16.6 Å². The normalized spacial score (nSPS) is 11.0. The van der Waals surface area contributed by atoms with E-state index in [9.17, 15) is 4.79 Å². The summed E-state index contributed by atoms with van der Waals surface area (Å²) in [5.41, 5.74) is 6.93. The van der Waals surface area contributed by atoms with Crippen molar-refractivity contribution in [3.05, 3.63) is 125 Å². The fraction of sp³-hybridized carbons (Fsp3) is 0.0714. The molecule has 2 N–H and O–H groups in total. The number of aromatic nitrogens is 2. The molecule has 0 aliphatic carbocycles. The second-order valence-corrected chi connectivity index (χ2v) is 7.78. The molecule has 0 radical (unpaired) electrons. The van der Waals surface area contributed by atoms with Crippen LogP contribution in [-0.2, 0) is 13.1 Å². The van der Waals surface area contributed by atoms with Crippen molar-refractivity contribution >= 4 is 10.9 Å². The van der Waals surface area contributed by atoms with Crippen molar-refractivity contribution in [3.63, 3.8) is 0 Å². The summed E-state index contributed by atoms with van der Waals surface area (Å²) >= 11 is 0. The Morgan fingerprint density at radius 3 is 2.09 bits per heavy atom. The molecule has 5 aromatic rings. The molecule has 5 rings (SSSR count). The minimum absolute atomic E-state index is 0.126. The molecule has 0 saturated carbocycles. The fourth-order valence-corrected chi connectivity index (χ4v) is 3.90. The van der Waals surface area contributed by atoms with Gasteiger partial charge in [0.25, 0.3) is 5.56 Å². The number of benzene rings is 3. The maximum Gasteiger partial charge on any atom is 0.257 e. The summed E-state index contributed by atoms with van der Waals surface area (Å²) < 4.78 is 0. The van der Waals surface area contributed by atoms with Crippen molar-refractivity contribution in [1.29, 1.82) is 0 Å². The van der Waals surface area contributed by atoms with Gasteiger partial charge in [-0.25, -0.2) is 4.98 Å². The predicted octanol–water partition coefficient (Wildman–Crippen LogP) is 5.55. The summed E-state index contributed by atoms with van der Waals surface area (Å²) in [6.07, 6.45) is 1.64. The lowest BCUT2D eigenvalue weighted by molar-refractivity contribution is 0.693. The highest BCUT2D eigenvalue weighted by Crippen LogP contribution is 2.32. The summed E-state index contributed by atoms with van der Waals surface area (Å²) in [4.78, 5) is 20.0. The molecule has 0 aliphatic rings. The van der Waals surface area contributed by atoms with Crippen molar-refractivity contribution in [1.82, 2.24) is 15.3 Å². The number of aromatic amines is 1. The van der Waals surface area contributed by atoms with E-state index < -0.39 is 0 Å². The van der Waals surface area contributed by atoms with E-state index in [1.54, 1.807) is 6.20 Å². The largest absolute Gasteiger partial charge is 0.328 e.